The molecule has 0 aromatic rings. The Balaban J connectivity index is 3.14. The van der Waals surface area contributed by atoms with E-state index in [9.17, 15) is 0 Å². The molecule has 0 atom stereocenters. The van der Waals surface area contributed by atoms with Crippen molar-refractivity contribution in [2.75, 3.05) is 0 Å². The summed E-state index contributed by atoms with van der Waals surface area (Å²) < 4.78 is 0. The Morgan fingerprint density at radius 2 is 1.92 bits per heavy atom. The molecule has 0 aromatic carbocycles. The zero-order chi connectivity index (χ0) is 9.23. The van der Waals surface area contributed by atoms with E-state index in [1.807, 2.05) is 13.0 Å². The molecule has 0 rings (SSSR count). The Labute approximate surface area is 76.7 Å². The van der Waals surface area contributed by atoms with Crippen molar-refractivity contribution >= 4 is 0 Å². The second-order valence-corrected chi connectivity index (χ2v) is 3.01. The highest BCUT2D eigenvalue weighted by atomic mass is 13.9. The molecule has 66 valence electrons. The number of allylic oxidation sites excluding steroid dienone is 4. The molecule has 0 saturated heterocycles. The maximum atomic E-state index is 7.19. The molecule has 0 heteroatoms. The van der Waals surface area contributed by atoms with Crippen molar-refractivity contribution in [3.63, 3.8) is 0 Å². The summed E-state index contributed by atoms with van der Waals surface area (Å²) in [6, 6.07) is 0. The predicted octanol–water partition coefficient (Wildman–Crippen LogP) is 3.94. The minimum atomic E-state index is 0.769. The van der Waals surface area contributed by atoms with Crippen LogP contribution in [-0.2, 0) is 0 Å². The van der Waals surface area contributed by atoms with E-state index in [1.165, 1.54) is 6.42 Å². The van der Waals surface area contributed by atoms with Crippen molar-refractivity contribution in [1.82, 2.24) is 0 Å². The van der Waals surface area contributed by atoms with Gasteiger partial charge < -0.3 is 0 Å². The quantitative estimate of drug-likeness (QED) is 0.393. The zero-order valence-corrected chi connectivity index (χ0v) is 7.97. The molecule has 0 aromatic heterocycles. The van der Waals surface area contributed by atoms with Crippen LogP contribution in [0.4, 0.5) is 0 Å². The molecule has 0 unspecified atom stereocenters. The van der Waals surface area contributed by atoms with Crippen LogP contribution in [0.15, 0.2) is 30.4 Å². The SMILES string of the molecule is [C]=C(C)CC/C=C/CCCC=C. The summed E-state index contributed by atoms with van der Waals surface area (Å²) in [5.41, 5.74) is 0.769. The van der Waals surface area contributed by atoms with Crippen LogP contribution in [0, 0.1) is 6.58 Å². The zero-order valence-electron chi connectivity index (χ0n) is 7.97. The van der Waals surface area contributed by atoms with Crippen LogP contribution in [0.2, 0.25) is 0 Å². The Morgan fingerprint density at radius 3 is 2.50 bits per heavy atom. The molecule has 0 spiro atoms. The topological polar surface area (TPSA) is 0 Å². The molecule has 0 saturated carbocycles. The summed E-state index contributed by atoms with van der Waals surface area (Å²) in [4.78, 5) is 0. The molecule has 0 nitrogen and oxygen atoms in total. The van der Waals surface area contributed by atoms with Gasteiger partial charge in [0.15, 0.2) is 0 Å². The maximum absolute atomic E-state index is 7.19. The van der Waals surface area contributed by atoms with Gasteiger partial charge >= 0.3 is 0 Å². The predicted molar refractivity (Wildman–Crippen MR) is 54.9 cm³/mol. The van der Waals surface area contributed by atoms with Crippen LogP contribution in [0.3, 0.4) is 0 Å². The molecule has 0 bridgehead atoms. The molecule has 0 amide bonds. The fourth-order valence-corrected chi connectivity index (χ4v) is 0.916. The fraction of sp³-hybridized carbons (Fsp3) is 0.500. The van der Waals surface area contributed by atoms with Gasteiger partial charge in [-0.2, -0.15) is 0 Å². The minimum absolute atomic E-state index is 0.769. The molecule has 0 fully saturated rings. The van der Waals surface area contributed by atoms with Gasteiger partial charge in [0.25, 0.3) is 0 Å². The van der Waals surface area contributed by atoms with Gasteiger partial charge in [0.05, 0.1) is 0 Å². The van der Waals surface area contributed by atoms with E-state index in [0.717, 1.165) is 31.3 Å². The monoisotopic (exact) mass is 162 g/mol. The van der Waals surface area contributed by atoms with Crippen molar-refractivity contribution in [3.8, 4) is 0 Å². The van der Waals surface area contributed by atoms with Gasteiger partial charge in [0, 0.05) is 0 Å². The highest BCUT2D eigenvalue weighted by Crippen LogP contribution is 2.02. The average Bonchev–Trinajstić information content (AvgIpc) is 2.02. The summed E-state index contributed by atoms with van der Waals surface area (Å²) >= 11 is 0. The lowest BCUT2D eigenvalue weighted by Gasteiger charge is -1.92. The molecular formula is C12H18. The maximum Gasteiger partial charge on any atom is -0.0111 e. The van der Waals surface area contributed by atoms with Crippen LogP contribution < -0.4 is 0 Å². The van der Waals surface area contributed by atoms with E-state index in [1.54, 1.807) is 0 Å². The van der Waals surface area contributed by atoms with Crippen molar-refractivity contribution in [2.24, 2.45) is 0 Å². The minimum Gasteiger partial charge on any atom is -0.103 e. The first-order valence-electron chi connectivity index (χ1n) is 4.57. The van der Waals surface area contributed by atoms with Crippen molar-refractivity contribution in [2.45, 2.75) is 39.0 Å². The van der Waals surface area contributed by atoms with Crippen LogP contribution in [0.1, 0.15) is 39.0 Å². The number of rotatable bonds is 7. The van der Waals surface area contributed by atoms with Gasteiger partial charge in [-0.25, -0.2) is 0 Å². The molecule has 0 N–H and O–H groups in total. The van der Waals surface area contributed by atoms with Gasteiger partial charge in [-0.15, -0.1) is 6.58 Å². The number of hydrogen-bond donors (Lipinski definition) is 0. The number of hydrogen-bond acceptors (Lipinski definition) is 0. The normalized spacial score (nSPS) is 10.4. The molecular weight excluding hydrogens is 144 g/mol. The van der Waals surface area contributed by atoms with Gasteiger partial charge in [0.1, 0.15) is 0 Å². The number of unbranched alkanes of at least 4 members (excludes halogenated alkanes) is 2. The van der Waals surface area contributed by atoms with E-state index in [4.69, 9.17) is 6.58 Å². The molecule has 12 heavy (non-hydrogen) atoms. The molecule has 2 radical (unpaired) electrons. The Kier molecular flexibility index (Phi) is 7.78. The van der Waals surface area contributed by atoms with Gasteiger partial charge in [-0.1, -0.05) is 23.8 Å². The third-order valence-corrected chi connectivity index (χ3v) is 1.63. The van der Waals surface area contributed by atoms with Crippen LogP contribution in [0.5, 0.6) is 0 Å². The van der Waals surface area contributed by atoms with Gasteiger partial charge in [-0.3, -0.25) is 0 Å². The van der Waals surface area contributed by atoms with Crippen LogP contribution in [-0.4, -0.2) is 0 Å². The van der Waals surface area contributed by atoms with E-state index in [0.29, 0.717) is 0 Å². The van der Waals surface area contributed by atoms with Crippen LogP contribution in [0.25, 0.3) is 0 Å². The summed E-state index contributed by atoms with van der Waals surface area (Å²) in [6.07, 6.45) is 11.7. The molecule has 0 aliphatic carbocycles. The summed E-state index contributed by atoms with van der Waals surface area (Å²) in [5, 5.41) is 0. The standard InChI is InChI=1S/C12H18/c1-4-5-6-7-8-9-10-11-12(2)3/h4,8-9H,1,5-7,10-11H2,2H3/b9-8+. The third-order valence-electron chi connectivity index (χ3n) is 1.63. The highest BCUT2D eigenvalue weighted by molar-refractivity contribution is 4.90. The Bertz CT molecular complexity index is 151. The molecule has 0 aliphatic heterocycles. The Morgan fingerprint density at radius 1 is 1.25 bits per heavy atom. The highest BCUT2D eigenvalue weighted by Gasteiger charge is 1.83. The second kappa shape index (κ2) is 8.32. The van der Waals surface area contributed by atoms with E-state index in [-0.39, 0.29) is 0 Å². The molecule has 0 aliphatic rings. The first kappa shape index (κ1) is 11.2. The largest absolute Gasteiger partial charge is 0.103 e. The molecule has 0 heterocycles. The third kappa shape index (κ3) is 9.22. The van der Waals surface area contributed by atoms with Crippen LogP contribution >= 0.6 is 0 Å². The summed E-state index contributed by atoms with van der Waals surface area (Å²) in [6.45, 7) is 12.7. The van der Waals surface area contributed by atoms with Gasteiger partial charge in [0.2, 0.25) is 0 Å². The lowest BCUT2D eigenvalue weighted by Crippen LogP contribution is -1.72. The summed E-state index contributed by atoms with van der Waals surface area (Å²) in [5.74, 6) is 0. The van der Waals surface area contributed by atoms with Crippen molar-refractivity contribution < 1.29 is 0 Å². The Hall–Kier alpha value is -0.780. The van der Waals surface area contributed by atoms with Gasteiger partial charge in [-0.05, 0) is 45.6 Å². The lowest BCUT2D eigenvalue weighted by atomic mass is 10.1. The second-order valence-electron chi connectivity index (χ2n) is 3.01. The summed E-state index contributed by atoms with van der Waals surface area (Å²) in [7, 11) is 0. The first-order valence-corrected chi connectivity index (χ1v) is 4.57. The van der Waals surface area contributed by atoms with E-state index >= 15 is 0 Å². The van der Waals surface area contributed by atoms with E-state index < -0.39 is 0 Å². The average molecular weight is 162 g/mol. The van der Waals surface area contributed by atoms with E-state index in [2.05, 4.69) is 18.7 Å². The lowest BCUT2D eigenvalue weighted by molar-refractivity contribution is 0.862. The first-order chi connectivity index (χ1) is 5.77. The van der Waals surface area contributed by atoms with Crippen molar-refractivity contribution in [1.29, 1.82) is 0 Å². The van der Waals surface area contributed by atoms with Crippen molar-refractivity contribution in [3.05, 3.63) is 37.0 Å². The fourth-order valence-electron chi connectivity index (χ4n) is 0.916. The smallest absolute Gasteiger partial charge is 0.0111 e.